The van der Waals surface area contributed by atoms with E-state index in [1.54, 1.807) is 24.4 Å². The monoisotopic (exact) mass is 403 g/mol. The molecule has 2 heterocycles. The largest absolute Gasteiger partial charge is 0.360 e. The summed E-state index contributed by atoms with van der Waals surface area (Å²) in [5, 5.41) is 15.9. The molecule has 7 heteroatoms. The number of aromatic nitrogens is 2. The lowest BCUT2D eigenvalue weighted by Gasteiger charge is -2.06. The van der Waals surface area contributed by atoms with Gasteiger partial charge in [-0.1, -0.05) is 35.5 Å². The van der Waals surface area contributed by atoms with E-state index in [2.05, 4.69) is 16.2 Å². The Morgan fingerprint density at radius 2 is 1.86 bits per heavy atom. The predicted octanol–water partition coefficient (Wildman–Crippen LogP) is 5.40. The summed E-state index contributed by atoms with van der Waals surface area (Å²) in [6, 6.07) is 17.1. The number of hydrogen-bond donors (Lipinski definition) is 0. The third-order valence-electron chi connectivity index (χ3n) is 4.46. The van der Waals surface area contributed by atoms with Crippen molar-refractivity contribution < 1.29 is 13.7 Å². The van der Waals surface area contributed by atoms with E-state index in [0.29, 0.717) is 27.7 Å². The molecule has 142 valence electrons. The second-order valence-electron chi connectivity index (χ2n) is 6.33. The average Bonchev–Trinajstić information content (AvgIpc) is 3.37. The van der Waals surface area contributed by atoms with Crippen LogP contribution in [0.4, 0.5) is 4.39 Å². The summed E-state index contributed by atoms with van der Waals surface area (Å²) < 4.78 is 18.4. The molecular weight excluding hydrogens is 389 g/mol. The molecule has 2 aromatic carbocycles. The molecule has 0 aliphatic carbocycles. The van der Waals surface area contributed by atoms with Gasteiger partial charge in [0.2, 0.25) is 0 Å². The van der Waals surface area contributed by atoms with E-state index in [9.17, 15) is 14.4 Å². The minimum Gasteiger partial charge on any atom is -0.360 e. The molecule has 2 aromatic heterocycles. The Morgan fingerprint density at radius 1 is 1.14 bits per heavy atom. The van der Waals surface area contributed by atoms with Gasteiger partial charge in [0.15, 0.2) is 11.7 Å². The van der Waals surface area contributed by atoms with Crippen molar-refractivity contribution in [3.8, 4) is 28.6 Å². The van der Waals surface area contributed by atoms with Crippen molar-refractivity contribution in [3.63, 3.8) is 0 Å². The highest BCUT2D eigenvalue weighted by Gasteiger charge is 2.31. The molecule has 0 aliphatic heterocycles. The topological polar surface area (TPSA) is 79.8 Å². The standard InChI is InChI=1S/C22H14FN3O2S/c1-13-19(20(26-28-13)15-5-3-2-4-6-15)21(27)17(11-24)22-25-18(12-29-22)14-7-9-16(23)10-8-14/h2-10,12,17H,1H3/t17-/m1/s1. The van der Waals surface area contributed by atoms with Crippen LogP contribution in [0.2, 0.25) is 0 Å². The maximum atomic E-state index is 13.2. The average molecular weight is 403 g/mol. The molecule has 5 nitrogen and oxygen atoms in total. The van der Waals surface area contributed by atoms with Crippen LogP contribution in [0.25, 0.3) is 22.5 Å². The molecule has 0 saturated carbocycles. The maximum absolute atomic E-state index is 13.2. The molecule has 0 spiro atoms. The van der Waals surface area contributed by atoms with Crippen LogP contribution in [0.1, 0.15) is 27.0 Å². The second-order valence-corrected chi connectivity index (χ2v) is 7.22. The molecule has 4 aromatic rings. The fraction of sp³-hybridized carbons (Fsp3) is 0.0909. The van der Waals surface area contributed by atoms with Crippen molar-refractivity contribution >= 4 is 17.1 Å². The van der Waals surface area contributed by atoms with Gasteiger partial charge in [0.25, 0.3) is 0 Å². The Balaban J connectivity index is 1.70. The number of Topliss-reactive ketones (excluding diaryl/α,β-unsaturated/α-hetero) is 1. The van der Waals surface area contributed by atoms with Gasteiger partial charge in [0.05, 0.1) is 17.3 Å². The molecule has 0 N–H and O–H groups in total. The van der Waals surface area contributed by atoms with Crippen LogP contribution in [0.15, 0.2) is 64.5 Å². The second kappa shape index (κ2) is 7.78. The SMILES string of the molecule is Cc1onc(-c2ccccc2)c1C(=O)[C@@H](C#N)c1nc(-c2ccc(F)cc2)cs1. The van der Waals surface area contributed by atoms with E-state index in [4.69, 9.17) is 4.52 Å². The Hall–Kier alpha value is -3.63. The lowest BCUT2D eigenvalue weighted by atomic mass is 9.95. The molecule has 29 heavy (non-hydrogen) atoms. The molecule has 0 unspecified atom stereocenters. The Labute approximate surface area is 170 Å². The number of hydrogen-bond acceptors (Lipinski definition) is 6. The van der Waals surface area contributed by atoms with Gasteiger partial charge in [-0.25, -0.2) is 9.37 Å². The maximum Gasteiger partial charge on any atom is 0.192 e. The van der Waals surface area contributed by atoms with Gasteiger partial charge in [0, 0.05) is 16.5 Å². The summed E-state index contributed by atoms with van der Waals surface area (Å²) in [7, 11) is 0. The van der Waals surface area contributed by atoms with Crippen molar-refractivity contribution in [2.75, 3.05) is 0 Å². The molecule has 1 atom stereocenters. The number of carbonyl (C=O) groups is 1. The molecule has 0 fully saturated rings. The Bertz CT molecular complexity index is 1210. The first-order valence-corrected chi connectivity index (χ1v) is 9.63. The van der Waals surface area contributed by atoms with Crippen LogP contribution >= 0.6 is 11.3 Å². The zero-order valence-electron chi connectivity index (χ0n) is 15.3. The van der Waals surface area contributed by atoms with Crippen molar-refractivity contribution in [2.45, 2.75) is 12.8 Å². The number of benzene rings is 2. The number of aryl methyl sites for hydroxylation is 1. The van der Waals surface area contributed by atoms with Gasteiger partial charge >= 0.3 is 0 Å². The third-order valence-corrected chi connectivity index (χ3v) is 5.37. The number of nitriles is 1. The van der Waals surface area contributed by atoms with Crippen LogP contribution in [0, 0.1) is 24.1 Å². The third kappa shape index (κ3) is 3.58. The first-order valence-electron chi connectivity index (χ1n) is 8.75. The fourth-order valence-corrected chi connectivity index (χ4v) is 3.87. The summed E-state index contributed by atoms with van der Waals surface area (Å²) >= 11 is 1.22. The molecule has 0 saturated heterocycles. The summed E-state index contributed by atoms with van der Waals surface area (Å²) in [4.78, 5) is 17.7. The number of carbonyl (C=O) groups excluding carboxylic acids is 1. The van der Waals surface area contributed by atoms with Crippen LogP contribution < -0.4 is 0 Å². The van der Waals surface area contributed by atoms with Crippen molar-refractivity contribution in [1.82, 2.24) is 10.1 Å². The highest BCUT2D eigenvalue weighted by Crippen LogP contribution is 2.33. The number of thiazole rings is 1. The van der Waals surface area contributed by atoms with E-state index < -0.39 is 11.7 Å². The molecule has 4 rings (SSSR count). The summed E-state index contributed by atoms with van der Waals surface area (Å²) in [5.74, 6) is -1.49. The number of nitrogens with zero attached hydrogens (tertiary/aromatic N) is 3. The highest BCUT2D eigenvalue weighted by atomic mass is 32.1. The minimum absolute atomic E-state index is 0.279. The molecule has 0 radical (unpaired) electrons. The van der Waals surface area contributed by atoms with E-state index in [-0.39, 0.29) is 11.4 Å². The zero-order chi connectivity index (χ0) is 20.4. The summed E-state index contributed by atoms with van der Waals surface area (Å²) in [6.07, 6.45) is 0. The van der Waals surface area contributed by atoms with E-state index in [1.165, 1.54) is 23.5 Å². The van der Waals surface area contributed by atoms with E-state index in [0.717, 1.165) is 5.56 Å². The van der Waals surface area contributed by atoms with Gasteiger partial charge in [-0.05, 0) is 31.2 Å². The van der Waals surface area contributed by atoms with Gasteiger partial charge in [-0.3, -0.25) is 4.79 Å². The first kappa shape index (κ1) is 18.7. The molecule has 0 aliphatic rings. The lowest BCUT2D eigenvalue weighted by Crippen LogP contribution is -2.12. The van der Waals surface area contributed by atoms with Crippen LogP contribution in [-0.4, -0.2) is 15.9 Å². The normalized spacial score (nSPS) is 11.8. The smallest absolute Gasteiger partial charge is 0.192 e. The van der Waals surface area contributed by atoms with Crippen LogP contribution in [0.3, 0.4) is 0 Å². The summed E-state index contributed by atoms with van der Waals surface area (Å²) in [5.41, 5.74) is 2.72. The predicted molar refractivity (Wildman–Crippen MR) is 107 cm³/mol. The van der Waals surface area contributed by atoms with Crippen molar-refractivity contribution in [1.29, 1.82) is 5.26 Å². The Morgan fingerprint density at radius 3 is 2.55 bits per heavy atom. The van der Waals surface area contributed by atoms with Crippen LogP contribution in [0.5, 0.6) is 0 Å². The van der Waals surface area contributed by atoms with Gasteiger partial charge < -0.3 is 4.52 Å². The number of halogens is 1. The quantitative estimate of drug-likeness (QED) is 0.417. The molecular formula is C22H14FN3O2S. The molecule has 0 amide bonds. The number of rotatable bonds is 5. The van der Waals surface area contributed by atoms with Crippen molar-refractivity contribution in [2.24, 2.45) is 0 Å². The number of ketones is 1. The van der Waals surface area contributed by atoms with Crippen LogP contribution in [-0.2, 0) is 0 Å². The molecule has 0 bridgehead atoms. The van der Waals surface area contributed by atoms with Gasteiger partial charge in [0.1, 0.15) is 22.3 Å². The van der Waals surface area contributed by atoms with Gasteiger partial charge in [-0.15, -0.1) is 11.3 Å². The summed E-state index contributed by atoms with van der Waals surface area (Å²) in [6.45, 7) is 1.65. The van der Waals surface area contributed by atoms with E-state index >= 15 is 0 Å². The highest BCUT2D eigenvalue weighted by molar-refractivity contribution is 7.10. The first-order chi connectivity index (χ1) is 14.1. The minimum atomic E-state index is -1.09. The zero-order valence-corrected chi connectivity index (χ0v) is 16.1. The van der Waals surface area contributed by atoms with Gasteiger partial charge in [-0.2, -0.15) is 5.26 Å². The Kier molecular flexibility index (Phi) is 5.02. The lowest BCUT2D eigenvalue weighted by molar-refractivity contribution is 0.0978. The fourth-order valence-electron chi connectivity index (χ4n) is 3.00. The van der Waals surface area contributed by atoms with Crippen molar-refractivity contribution in [3.05, 3.63) is 82.1 Å². The van der Waals surface area contributed by atoms with E-state index in [1.807, 2.05) is 30.3 Å².